The lowest BCUT2D eigenvalue weighted by molar-refractivity contribution is -0.317. The Labute approximate surface area is 267 Å². The molecular weight excluding hydrogens is 596 g/mol. The van der Waals surface area contributed by atoms with Gasteiger partial charge in [-0.2, -0.15) is 0 Å². The van der Waals surface area contributed by atoms with Crippen LogP contribution in [-0.2, 0) is 42.8 Å². The number of fused-ring (bicyclic) bond motifs is 1. The SMILES string of the molecule is CC(=O)OC[C@]12[C@@H](OC(=O)c3ccccc3)C[C@@H]3[C@@H](OC(=O)c4ccccc4)[C@]1(OC3(C)C)[C@H](C)C[C@H](OC(C)=O)[C@@H]2OC(C)=O. The maximum Gasteiger partial charge on any atom is 0.338 e. The highest BCUT2D eigenvalue weighted by atomic mass is 16.6. The van der Waals surface area contributed by atoms with Gasteiger partial charge in [0.25, 0.3) is 0 Å². The average molecular weight is 637 g/mol. The monoisotopic (exact) mass is 636 g/mol. The zero-order valence-corrected chi connectivity index (χ0v) is 26.8. The van der Waals surface area contributed by atoms with E-state index >= 15 is 0 Å². The van der Waals surface area contributed by atoms with Crippen LogP contribution in [0.5, 0.6) is 0 Å². The smallest absolute Gasteiger partial charge is 0.338 e. The molecule has 11 nitrogen and oxygen atoms in total. The second-order valence-electron chi connectivity index (χ2n) is 12.9. The van der Waals surface area contributed by atoms with Crippen LogP contribution in [0.1, 0.15) is 75.1 Å². The molecule has 1 spiro atoms. The first kappa shape index (κ1) is 33.1. The molecule has 46 heavy (non-hydrogen) atoms. The lowest BCUT2D eigenvalue weighted by Gasteiger charge is -2.63. The second-order valence-corrected chi connectivity index (χ2v) is 12.9. The first-order valence-corrected chi connectivity index (χ1v) is 15.4. The molecule has 0 aromatic heterocycles. The van der Waals surface area contributed by atoms with E-state index in [-0.39, 0.29) is 18.4 Å². The molecule has 8 atom stereocenters. The molecule has 2 aromatic rings. The third kappa shape index (κ3) is 5.65. The topological polar surface area (TPSA) is 141 Å². The van der Waals surface area contributed by atoms with Gasteiger partial charge in [-0.1, -0.05) is 43.3 Å². The molecule has 2 saturated carbocycles. The minimum Gasteiger partial charge on any atom is -0.465 e. The molecule has 0 N–H and O–H groups in total. The highest BCUT2D eigenvalue weighted by Gasteiger charge is 2.82. The number of carbonyl (C=O) groups excluding carboxylic acids is 5. The molecule has 3 aliphatic rings. The van der Waals surface area contributed by atoms with Crippen LogP contribution in [0.4, 0.5) is 0 Å². The second kappa shape index (κ2) is 12.5. The van der Waals surface area contributed by atoms with Crippen LogP contribution in [0.2, 0.25) is 0 Å². The van der Waals surface area contributed by atoms with Crippen molar-refractivity contribution >= 4 is 29.8 Å². The van der Waals surface area contributed by atoms with Gasteiger partial charge in [-0.25, -0.2) is 9.59 Å². The summed E-state index contributed by atoms with van der Waals surface area (Å²) in [5, 5.41) is 0. The van der Waals surface area contributed by atoms with Gasteiger partial charge in [-0.05, 0) is 56.9 Å². The van der Waals surface area contributed by atoms with Crippen LogP contribution in [0.25, 0.3) is 0 Å². The summed E-state index contributed by atoms with van der Waals surface area (Å²) in [6, 6.07) is 16.9. The molecule has 5 rings (SSSR count). The van der Waals surface area contributed by atoms with E-state index in [0.29, 0.717) is 5.56 Å². The normalized spacial score (nSPS) is 32.3. The standard InChI is InChI=1S/C35H40O11/c1-20-17-27(42-22(3)37)30(43-23(4)38)34(19-41-21(2)36)28(44-31(39)24-13-9-7-10-14-24)18-26-29(35(20,34)46-33(26,5)6)45-32(40)25-15-11-8-12-16-25/h7-16,20,26-30H,17-19H2,1-6H3/t20-,26-,27+,28+,29-,30+,34-,35-/m1/s1. The van der Waals surface area contributed by atoms with E-state index in [0.717, 1.165) is 0 Å². The predicted molar refractivity (Wildman–Crippen MR) is 161 cm³/mol. The fourth-order valence-corrected chi connectivity index (χ4v) is 7.96. The summed E-state index contributed by atoms with van der Waals surface area (Å²) in [7, 11) is 0. The Morgan fingerprint density at radius 2 is 1.26 bits per heavy atom. The van der Waals surface area contributed by atoms with Gasteiger partial charge in [-0.15, -0.1) is 0 Å². The quantitative estimate of drug-likeness (QED) is 0.300. The van der Waals surface area contributed by atoms with Crippen molar-refractivity contribution in [2.75, 3.05) is 6.61 Å². The van der Waals surface area contributed by atoms with Gasteiger partial charge in [0.1, 0.15) is 35.9 Å². The number of rotatable bonds is 8. The van der Waals surface area contributed by atoms with Crippen LogP contribution in [0, 0.1) is 17.3 Å². The summed E-state index contributed by atoms with van der Waals surface area (Å²) >= 11 is 0. The van der Waals surface area contributed by atoms with Crippen molar-refractivity contribution in [1.82, 2.24) is 0 Å². The molecule has 2 bridgehead atoms. The first-order chi connectivity index (χ1) is 21.7. The molecule has 246 valence electrons. The summed E-state index contributed by atoms with van der Waals surface area (Å²) in [5.74, 6) is -4.32. The summed E-state index contributed by atoms with van der Waals surface area (Å²) in [5.41, 5.74) is -3.61. The van der Waals surface area contributed by atoms with Crippen LogP contribution >= 0.6 is 0 Å². The Kier molecular flexibility index (Phi) is 9.01. The highest BCUT2D eigenvalue weighted by molar-refractivity contribution is 5.90. The molecular formula is C35H40O11. The fraction of sp³-hybridized carbons (Fsp3) is 0.514. The van der Waals surface area contributed by atoms with E-state index in [9.17, 15) is 24.0 Å². The van der Waals surface area contributed by atoms with Gasteiger partial charge in [-0.3, -0.25) is 14.4 Å². The molecule has 1 saturated heterocycles. The lowest BCUT2D eigenvalue weighted by Crippen LogP contribution is -2.78. The Morgan fingerprint density at radius 3 is 1.78 bits per heavy atom. The molecule has 3 fully saturated rings. The van der Waals surface area contributed by atoms with Crippen molar-refractivity contribution in [3.8, 4) is 0 Å². The Hall–Kier alpha value is -4.25. The van der Waals surface area contributed by atoms with E-state index in [1.807, 2.05) is 20.8 Å². The molecule has 11 heteroatoms. The number of benzene rings is 2. The van der Waals surface area contributed by atoms with Gasteiger partial charge in [0.15, 0.2) is 6.10 Å². The summed E-state index contributed by atoms with van der Waals surface area (Å²) < 4.78 is 37.3. The number of carbonyl (C=O) groups is 5. The predicted octanol–water partition coefficient (Wildman–Crippen LogP) is 4.46. The van der Waals surface area contributed by atoms with E-state index < -0.39 is 89.3 Å². The molecule has 0 amide bonds. The number of esters is 5. The number of hydrogen-bond donors (Lipinski definition) is 0. The lowest BCUT2D eigenvalue weighted by atomic mass is 9.47. The summed E-state index contributed by atoms with van der Waals surface area (Å²) in [4.78, 5) is 65.1. The zero-order valence-electron chi connectivity index (χ0n) is 26.8. The third-order valence-corrected chi connectivity index (χ3v) is 9.67. The minimum absolute atomic E-state index is 0.0819. The molecule has 1 heterocycles. The van der Waals surface area contributed by atoms with Crippen molar-refractivity contribution in [1.29, 1.82) is 0 Å². The van der Waals surface area contributed by atoms with Crippen LogP contribution in [0.3, 0.4) is 0 Å². The third-order valence-electron chi connectivity index (χ3n) is 9.67. The van der Waals surface area contributed by atoms with Crippen molar-refractivity contribution in [2.24, 2.45) is 17.3 Å². The van der Waals surface area contributed by atoms with E-state index in [1.165, 1.54) is 20.8 Å². The Morgan fingerprint density at radius 1 is 0.717 bits per heavy atom. The zero-order chi connectivity index (χ0) is 33.4. The van der Waals surface area contributed by atoms with Crippen LogP contribution in [0.15, 0.2) is 60.7 Å². The first-order valence-electron chi connectivity index (χ1n) is 15.4. The van der Waals surface area contributed by atoms with Gasteiger partial charge in [0.05, 0.1) is 16.7 Å². The molecule has 0 radical (unpaired) electrons. The maximum atomic E-state index is 13.7. The van der Waals surface area contributed by atoms with Crippen molar-refractivity contribution in [3.05, 3.63) is 71.8 Å². The average Bonchev–Trinajstić information content (AvgIpc) is 3.16. The van der Waals surface area contributed by atoms with Crippen molar-refractivity contribution in [2.45, 2.75) is 90.0 Å². The van der Waals surface area contributed by atoms with Gasteiger partial charge < -0.3 is 28.4 Å². The molecule has 0 unspecified atom stereocenters. The van der Waals surface area contributed by atoms with E-state index in [1.54, 1.807) is 60.7 Å². The van der Waals surface area contributed by atoms with Crippen molar-refractivity contribution in [3.63, 3.8) is 0 Å². The largest absolute Gasteiger partial charge is 0.465 e. The summed E-state index contributed by atoms with van der Waals surface area (Å²) in [6.45, 7) is 8.78. The Bertz CT molecular complexity index is 1490. The van der Waals surface area contributed by atoms with Crippen molar-refractivity contribution < 1.29 is 52.4 Å². The maximum absolute atomic E-state index is 13.7. The fourth-order valence-electron chi connectivity index (χ4n) is 7.96. The number of ether oxygens (including phenoxy) is 6. The van der Waals surface area contributed by atoms with Gasteiger partial charge in [0, 0.05) is 26.7 Å². The molecule has 2 aromatic carbocycles. The van der Waals surface area contributed by atoms with Gasteiger partial charge >= 0.3 is 29.8 Å². The van der Waals surface area contributed by atoms with Crippen LogP contribution < -0.4 is 0 Å². The summed E-state index contributed by atoms with van der Waals surface area (Å²) in [6.07, 6.45) is -4.22. The number of hydrogen-bond acceptors (Lipinski definition) is 11. The highest BCUT2D eigenvalue weighted by Crippen LogP contribution is 2.68. The molecule has 1 aliphatic heterocycles. The van der Waals surface area contributed by atoms with Crippen LogP contribution in [-0.4, -0.2) is 72.1 Å². The van der Waals surface area contributed by atoms with E-state index in [4.69, 9.17) is 28.4 Å². The molecule has 2 aliphatic carbocycles. The Balaban J connectivity index is 1.75. The van der Waals surface area contributed by atoms with E-state index in [2.05, 4.69) is 0 Å². The minimum atomic E-state index is -1.70. The van der Waals surface area contributed by atoms with Gasteiger partial charge in [0.2, 0.25) is 0 Å².